The Balaban J connectivity index is 2.19. The summed E-state index contributed by atoms with van der Waals surface area (Å²) in [6.45, 7) is 2.57. The summed E-state index contributed by atoms with van der Waals surface area (Å²) >= 11 is 0. The Hall–Kier alpha value is -1.61. The Morgan fingerprint density at radius 3 is 3.06 bits per heavy atom. The summed E-state index contributed by atoms with van der Waals surface area (Å²) in [6.07, 6.45) is 5.57. The highest BCUT2D eigenvalue weighted by Crippen LogP contribution is 2.29. The van der Waals surface area contributed by atoms with Crippen molar-refractivity contribution in [2.75, 3.05) is 18.1 Å². The van der Waals surface area contributed by atoms with Crippen LogP contribution in [-0.2, 0) is 11.2 Å². The molecule has 0 aliphatic carbocycles. The number of carbonyl (C=O) groups is 1. The summed E-state index contributed by atoms with van der Waals surface area (Å²) in [4.78, 5) is 13.2. The summed E-state index contributed by atoms with van der Waals surface area (Å²) in [5.74, 6) is 0.104. The standard InChI is InChI=1S/C14H17NO2/c1-11(17)15-8-7-13-10-12(4-2-3-9-16)5-6-14(13)15/h2,4-6,10,16H,3,7-9H2,1H3. The van der Waals surface area contributed by atoms with Crippen LogP contribution in [0.5, 0.6) is 0 Å². The van der Waals surface area contributed by atoms with Crippen molar-refractivity contribution >= 4 is 17.7 Å². The number of aliphatic hydroxyl groups excluding tert-OH is 1. The summed E-state index contributed by atoms with van der Waals surface area (Å²) in [6, 6.07) is 6.13. The second kappa shape index (κ2) is 5.15. The third-order valence-electron chi connectivity index (χ3n) is 2.99. The van der Waals surface area contributed by atoms with E-state index in [-0.39, 0.29) is 12.5 Å². The third-order valence-corrected chi connectivity index (χ3v) is 2.99. The molecule has 17 heavy (non-hydrogen) atoms. The zero-order chi connectivity index (χ0) is 12.3. The van der Waals surface area contributed by atoms with Gasteiger partial charge in [-0.05, 0) is 36.1 Å². The fourth-order valence-electron chi connectivity index (χ4n) is 2.15. The Morgan fingerprint density at radius 2 is 2.35 bits per heavy atom. The summed E-state index contributed by atoms with van der Waals surface area (Å²) in [5.41, 5.74) is 3.39. The smallest absolute Gasteiger partial charge is 0.223 e. The first kappa shape index (κ1) is 11.9. The number of fused-ring (bicyclic) bond motifs is 1. The maximum absolute atomic E-state index is 11.4. The van der Waals surface area contributed by atoms with Crippen molar-refractivity contribution in [1.29, 1.82) is 0 Å². The monoisotopic (exact) mass is 231 g/mol. The highest BCUT2D eigenvalue weighted by Gasteiger charge is 2.21. The second-order valence-electron chi connectivity index (χ2n) is 4.22. The van der Waals surface area contributed by atoms with E-state index in [2.05, 4.69) is 6.07 Å². The van der Waals surface area contributed by atoms with Crippen molar-refractivity contribution in [3.8, 4) is 0 Å². The van der Waals surface area contributed by atoms with Gasteiger partial charge in [0.15, 0.2) is 0 Å². The van der Waals surface area contributed by atoms with Crippen molar-refractivity contribution in [1.82, 2.24) is 0 Å². The maximum atomic E-state index is 11.4. The van der Waals surface area contributed by atoms with E-state index in [1.165, 1.54) is 5.56 Å². The van der Waals surface area contributed by atoms with E-state index in [9.17, 15) is 4.79 Å². The molecular weight excluding hydrogens is 214 g/mol. The molecule has 2 rings (SSSR count). The molecule has 1 aliphatic rings. The predicted molar refractivity (Wildman–Crippen MR) is 68.9 cm³/mol. The minimum Gasteiger partial charge on any atom is -0.396 e. The minimum absolute atomic E-state index is 0.104. The van der Waals surface area contributed by atoms with Crippen molar-refractivity contribution in [2.24, 2.45) is 0 Å². The lowest BCUT2D eigenvalue weighted by Gasteiger charge is -2.14. The van der Waals surface area contributed by atoms with Crippen LogP contribution in [-0.4, -0.2) is 24.2 Å². The highest BCUT2D eigenvalue weighted by molar-refractivity contribution is 5.93. The zero-order valence-corrected chi connectivity index (χ0v) is 10.0. The molecular formula is C14H17NO2. The van der Waals surface area contributed by atoms with Gasteiger partial charge < -0.3 is 10.0 Å². The van der Waals surface area contributed by atoms with Crippen LogP contribution in [0.4, 0.5) is 5.69 Å². The molecule has 1 amide bonds. The number of anilines is 1. The van der Waals surface area contributed by atoms with Crippen LogP contribution in [0, 0.1) is 0 Å². The lowest BCUT2D eigenvalue weighted by molar-refractivity contribution is -0.116. The maximum Gasteiger partial charge on any atom is 0.223 e. The number of nitrogens with zero attached hydrogens (tertiary/aromatic N) is 1. The molecule has 1 N–H and O–H groups in total. The van der Waals surface area contributed by atoms with Crippen molar-refractivity contribution in [3.63, 3.8) is 0 Å². The van der Waals surface area contributed by atoms with Crippen LogP contribution in [0.3, 0.4) is 0 Å². The summed E-state index contributed by atoms with van der Waals surface area (Å²) in [5, 5.41) is 8.70. The molecule has 1 heterocycles. The van der Waals surface area contributed by atoms with Crippen LogP contribution >= 0.6 is 0 Å². The number of carbonyl (C=O) groups excluding carboxylic acids is 1. The number of hydrogen-bond donors (Lipinski definition) is 1. The van der Waals surface area contributed by atoms with Crippen molar-refractivity contribution < 1.29 is 9.90 Å². The van der Waals surface area contributed by atoms with Gasteiger partial charge in [0.25, 0.3) is 0 Å². The van der Waals surface area contributed by atoms with Gasteiger partial charge in [-0.2, -0.15) is 0 Å². The van der Waals surface area contributed by atoms with Gasteiger partial charge >= 0.3 is 0 Å². The number of aliphatic hydroxyl groups is 1. The predicted octanol–water partition coefficient (Wildman–Crippen LogP) is 1.99. The average Bonchev–Trinajstić information content (AvgIpc) is 2.72. The molecule has 0 saturated carbocycles. The van der Waals surface area contributed by atoms with Crippen LogP contribution in [0.2, 0.25) is 0 Å². The van der Waals surface area contributed by atoms with E-state index in [0.717, 1.165) is 24.2 Å². The van der Waals surface area contributed by atoms with Gasteiger partial charge in [-0.3, -0.25) is 4.79 Å². The summed E-state index contributed by atoms with van der Waals surface area (Å²) < 4.78 is 0. The van der Waals surface area contributed by atoms with Gasteiger partial charge in [0, 0.05) is 25.8 Å². The Kier molecular flexibility index (Phi) is 3.59. The molecule has 0 bridgehead atoms. The van der Waals surface area contributed by atoms with E-state index >= 15 is 0 Å². The van der Waals surface area contributed by atoms with Crippen molar-refractivity contribution in [2.45, 2.75) is 19.8 Å². The molecule has 1 aliphatic heterocycles. The quantitative estimate of drug-likeness (QED) is 0.864. The van der Waals surface area contributed by atoms with Crippen molar-refractivity contribution in [3.05, 3.63) is 35.4 Å². The van der Waals surface area contributed by atoms with E-state index in [1.807, 2.05) is 29.2 Å². The Bertz CT molecular complexity index is 452. The third kappa shape index (κ3) is 2.56. The molecule has 1 aromatic rings. The number of rotatable bonds is 3. The number of benzene rings is 1. The molecule has 90 valence electrons. The van der Waals surface area contributed by atoms with Gasteiger partial charge in [-0.15, -0.1) is 0 Å². The fraction of sp³-hybridized carbons (Fsp3) is 0.357. The number of amides is 1. The van der Waals surface area contributed by atoms with Crippen LogP contribution in [0.15, 0.2) is 24.3 Å². The van der Waals surface area contributed by atoms with Gasteiger partial charge in [0.2, 0.25) is 5.91 Å². The largest absolute Gasteiger partial charge is 0.396 e. The molecule has 0 aromatic heterocycles. The topological polar surface area (TPSA) is 40.5 Å². The van der Waals surface area contributed by atoms with Crippen LogP contribution in [0.25, 0.3) is 6.08 Å². The molecule has 1 aromatic carbocycles. The first-order valence-electron chi connectivity index (χ1n) is 5.91. The summed E-state index contributed by atoms with van der Waals surface area (Å²) in [7, 11) is 0. The normalized spacial score (nSPS) is 14.4. The Labute approximate surface area is 101 Å². The molecule has 0 unspecified atom stereocenters. The molecule has 0 fully saturated rings. The molecule has 0 saturated heterocycles. The van der Waals surface area contributed by atoms with E-state index < -0.39 is 0 Å². The number of hydrogen-bond acceptors (Lipinski definition) is 2. The first-order valence-corrected chi connectivity index (χ1v) is 5.91. The highest BCUT2D eigenvalue weighted by atomic mass is 16.2. The van der Waals surface area contributed by atoms with Gasteiger partial charge in [0.1, 0.15) is 0 Å². The molecule has 3 heteroatoms. The van der Waals surface area contributed by atoms with Gasteiger partial charge in [0.05, 0.1) is 0 Å². The Morgan fingerprint density at radius 1 is 1.53 bits per heavy atom. The molecule has 0 atom stereocenters. The van der Waals surface area contributed by atoms with E-state index in [0.29, 0.717) is 6.42 Å². The first-order chi connectivity index (χ1) is 8.22. The van der Waals surface area contributed by atoms with E-state index in [1.54, 1.807) is 6.92 Å². The van der Waals surface area contributed by atoms with Gasteiger partial charge in [-0.1, -0.05) is 18.2 Å². The SMILES string of the molecule is CC(=O)N1CCc2cc(C=CCCO)ccc21. The van der Waals surface area contributed by atoms with E-state index in [4.69, 9.17) is 5.11 Å². The van der Waals surface area contributed by atoms with Gasteiger partial charge in [-0.25, -0.2) is 0 Å². The molecule has 3 nitrogen and oxygen atoms in total. The minimum atomic E-state index is 0.104. The van der Waals surface area contributed by atoms with Crippen LogP contribution in [0.1, 0.15) is 24.5 Å². The average molecular weight is 231 g/mol. The lowest BCUT2D eigenvalue weighted by atomic mass is 10.1. The zero-order valence-electron chi connectivity index (χ0n) is 10.0. The lowest BCUT2D eigenvalue weighted by Crippen LogP contribution is -2.25. The van der Waals surface area contributed by atoms with Crippen LogP contribution < -0.4 is 4.90 Å². The molecule has 0 spiro atoms. The molecule has 0 radical (unpaired) electrons. The second-order valence-corrected chi connectivity index (χ2v) is 4.22. The fourth-order valence-corrected chi connectivity index (χ4v) is 2.15.